The van der Waals surface area contributed by atoms with Gasteiger partial charge in [0.2, 0.25) is 0 Å². The molecule has 4 heteroatoms. The van der Waals surface area contributed by atoms with E-state index < -0.39 is 0 Å². The number of amides is 1. The van der Waals surface area contributed by atoms with Crippen molar-refractivity contribution >= 4 is 23.1 Å². The van der Waals surface area contributed by atoms with E-state index in [0.717, 1.165) is 5.56 Å². The highest BCUT2D eigenvalue weighted by Crippen LogP contribution is 1.96. The summed E-state index contributed by atoms with van der Waals surface area (Å²) in [6, 6.07) is 9.67. The average Bonchev–Trinajstić information content (AvgIpc) is 2.34. The number of hydrogen-bond donors (Lipinski definition) is 2. The van der Waals surface area contributed by atoms with Gasteiger partial charge in [-0.15, -0.1) is 6.58 Å². The zero-order valence-corrected chi connectivity index (χ0v) is 9.72. The standard InChI is InChI=1S/C12H14N2OS/c1-2-8-13-12(16)11(15)14-9-10-6-4-3-5-7-10/h2-7H,1,8-9H2,(H,13,16)(H,14,15). The van der Waals surface area contributed by atoms with Gasteiger partial charge in [0, 0.05) is 13.1 Å². The maximum atomic E-state index is 11.5. The van der Waals surface area contributed by atoms with Gasteiger partial charge in [0.05, 0.1) is 0 Å². The van der Waals surface area contributed by atoms with Crippen LogP contribution in [0, 0.1) is 0 Å². The summed E-state index contributed by atoms with van der Waals surface area (Å²) in [4.78, 5) is 11.7. The van der Waals surface area contributed by atoms with Crippen LogP contribution in [-0.2, 0) is 11.3 Å². The van der Waals surface area contributed by atoms with Crippen LogP contribution in [0.25, 0.3) is 0 Å². The average molecular weight is 234 g/mol. The Bertz CT molecular complexity index is 376. The van der Waals surface area contributed by atoms with Crippen molar-refractivity contribution in [1.29, 1.82) is 0 Å². The lowest BCUT2D eigenvalue weighted by Gasteiger charge is -2.07. The summed E-state index contributed by atoms with van der Waals surface area (Å²) in [5, 5.41) is 5.50. The quantitative estimate of drug-likeness (QED) is 0.611. The second-order valence-electron chi connectivity index (χ2n) is 3.17. The van der Waals surface area contributed by atoms with Gasteiger partial charge >= 0.3 is 0 Å². The third kappa shape index (κ3) is 4.23. The molecular weight excluding hydrogens is 220 g/mol. The summed E-state index contributed by atoms with van der Waals surface area (Å²) in [5.41, 5.74) is 1.04. The van der Waals surface area contributed by atoms with E-state index in [1.165, 1.54) is 0 Å². The van der Waals surface area contributed by atoms with Crippen LogP contribution in [0.15, 0.2) is 43.0 Å². The fraction of sp³-hybridized carbons (Fsp3) is 0.167. The van der Waals surface area contributed by atoms with Gasteiger partial charge in [0.15, 0.2) is 4.99 Å². The summed E-state index contributed by atoms with van der Waals surface area (Å²) in [7, 11) is 0. The molecule has 0 unspecified atom stereocenters. The highest BCUT2D eigenvalue weighted by Gasteiger charge is 2.06. The maximum absolute atomic E-state index is 11.5. The predicted octanol–water partition coefficient (Wildman–Crippen LogP) is 1.41. The SMILES string of the molecule is C=CCNC(=S)C(=O)NCc1ccccc1. The molecule has 84 valence electrons. The van der Waals surface area contributed by atoms with Crippen molar-refractivity contribution in [2.75, 3.05) is 6.54 Å². The number of rotatable bonds is 4. The number of carbonyl (C=O) groups excluding carboxylic acids is 1. The first kappa shape index (κ1) is 12.4. The van der Waals surface area contributed by atoms with E-state index in [4.69, 9.17) is 12.2 Å². The highest BCUT2D eigenvalue weighted by atomic mass is 32.1. The third-order valence-corrected chi connectivity index (χ3v) is 2.24. The highest BCUT2D eigenvalue weighted by molar-refractivity contribution is 7.82. The molecule has 0 saturated carbocycles. The summed E-state index contributed by atoms with van der Waals surface area (Å²) in [5.74, 6) is -0.263. The molecule has 0 heterocycles. The van der Waals surface area contributed by atoms with Crippen molar-refractivity contribution in [2.24, 2.45) is 0 Å². The van der Waals surface area contributed by atoms with Crippen molar-refractivity contribution in [3.8, 4) is 0 Å². The Labute approximate surface area is 101 Å². The number of nitrogens with one attached hydrogen (secondary N) is 2. The van der Waals surface area contributed by atoms with Crippen molar-refractivity contribution in [1.82, 2.24) is 10.6 Å². The molecule has 0 fully saturated rings. The smallest absolute Gasteiger partial charge is 0.278 e. The second kappa shape index (κ2) is 6.74. The summed E-state index contributed by atoms with van der Waals surface area (Å²) in [6.07, 6.45) is 1.65. The zero-order chi connectivity index (χ0) is 11.8. The first-order valence-corrected chi connectivity index (χ1v) is 5.35. The largest absolute Gasteiger partial charge is 0.368 e. The van der Waals surface area contributed by atoms with Crippen molar-refractivity contribution < 1.29 is 4.79 Å². The van der Waals surface area contributed by atoms with E-state index in [1.54, 1.807) is 6.08 Å². The summed E-state index contributed by atoms with van der Waals surface area (Å²) in [6.45, 7) is 4.51. The molecule has 0 aliphatic heterocycles. The van der Waals surface area contributed by atoms with E-state index in [9.17, 15) is 4.79 Å². The van der Waals surface area contributed by atoms with E-state index in [1.807, 2.05) is 30.3 Å². The molecule has 0 aliphatic rings. The Balaban J connectivity index is 2.35. The lowest BCUT2D eigenvalue weighted by molar-refractivity contribution is -0.114. The normalized spacial score (nSPS) is 9.25. The van der Waals surface area contributed by atoms with Gasteiger partial charge in [-0.05, 0) is 5.56 Å². The lowest BCUT2D eigenvalue weighted by atomic mass is 10.2. The van der Waals surface area contributed by atoms with Crippen LogP contribution in [0.3, 0.4) is 0 Å². The van der Waals surface area contributed by atoms with E-state index in [2.05, 4.69) is 17.2 Å². The van der Waals surface area contributed by atoms with Crippen LogP contribution in [-0.4, -0.2) is 17.4 Å². The van der Waals surface area contributed by atoms with Crippen molar-refractivity contribution in [3.63, 3.8) is 0 Å². The molecule has 16 heavy (non-hydrogen) atoms. The molecule has 0 radical (unpaired) electrons. The molecule has 0 saturated heterocycles. The second-order valence-corrected chi connectivity index (χ2v) is 3.58. The summed E-state index contributed by atoms with van der Waals surface area (Å²) >= 11 is 4.89. The van der Waals surface area contributed by atoms with Gasteiger partial charge in [-0.3, -0.25) is 4.79 Å². The van der Waals surface area contributed by atoms with Gasteiger partial charge < -0.3 is 10.6 Å². The Morgan fingerprint density at radius 1 is 1.31 bits per heavy atom. The van der Waals surface area contributed by atoms with Crippen LogP contribution in [0.2, 0.25) is 0 Å². The van der Waals surface area contributed by atoms with Crippen molar-refractivity contribution in [3.05, 3.63) is 48.6 Å². The molecule has 0 aromatic heterocycles. The molecule has 3 nitrogen and oxygen atoms in total. The first-order chi connectivity index (χ1) is 7.74. The Kier molecular flexibility index (Phi) is 5.22. The van der Waals surface area contributed by atoms with Crippen LogP contribution < -0.4 is 10.6 Å². The molecule has 0 bridgehead atoms. The number of hydrogen-bond acceptors (Lipinski definition) is 2. The van der Waals surface area contributed by atoms with Gasteiger partial charge in [-0.25, -0.2) is 0 Å². The van der Waals surface area contributed by atoms with Crippen LogP contribution in [0.5, 0.6) is 0 Å². The molecule has 1 amide bonds. The van der Waals surface area contributed by atoms with E-state index >= 15 is 0 Å². The fourth-order valence-electron chi connectivity index (χ4n) is 1.10. The zero-order valence-electron chi connectivity index (χ0n) is 8.90. The molecular formula is C12H14N2OS. The fourth-order valence-corrected chi connectivity index (χ4v) is 1.26. The molecule has 1 aromatic rings. The Hall–Kier alpha value is -1.68. The van der Waals surface area contributed by atoms with E-state index in [-0.39, 0.29) is 10.9 Å². The molecule has 1 rings (SSSR count). The van der Waals surface area contributed by atoms with Gasteiger partial charge in [-0.2, -0.15) is 0 Å². The third-order valence-electron chi connectivity index (χ3n) is 1.91. The predicted molar refractivity (Wildman–Crippen MR) is 69.1 cm³/mol. The first-order valence-electron chi connectivity index (χ1n) is 4.95. The monoisotopic (exact) mass is 234 g/mol. The van der Waals surface area contributed by atoms with Gasteiger partial charge in [-0.1, -0.05) is 48.6 Å². The molecule has 1 aromatic carbocycles. The van der Waals surface area contributed by atoms with Gasteiger partial charge in [0.1, 0.15) is 0 Å². The number of carbonyl (C=O) groups is 1. The van der Waals surface area contributed by atoms with Crippen molar-refractivity contribution in [2.45, 2.75) is 6.54 Å². The minimum Gasteiger partial charge on any atom is -0.368 e. The molecule has 0 aliphatic carbocycles. The minimum atomic E-state index is -0.263. The molecule has 2 N–H and O–H groups in total. The number of thiocarbonyl (C=S) groups is 1. The maximum Gasteiger partial charge on any atom is 0.278 e. The topological polar surface area (TPSA) is 41.1 Å². The minimum absolute atomic E-state index is 0.191. The van der Waals surface area contributed by atoms with Gasteiger partial charge in [0.25, 0.3) is 5.91 Å². The Morgan fingerprint density at radius 2 is 2.00 bits per heavy atom. The van der Waals surface area contributed by atoms with E-state index in [0.29, 0.717) is 13.1 Å². The lowest BCUT2D eigenvalue weighted by Crippen LogP contribution is -2.38. The van der Waals surface area contributed by atoms with Crippen LogP contribution in [0.4, 0.5) is 0 Å². The summed E-state index contributed by atoms with van der Waals surface area (Å²) < 4.78 is 0. The van der Waals surface area contributed by atoms with Crippen LogP contribution in [0.1, 0.15) is 5.56 Å². The molecule has 0 atom stereocenters. The molecule has 0 spiro atoms. The van der Waals surface area contributed by atoms with Crippen LogP contribution >= 0.6 is 12.2 Å². The Morgan fingerprint density at radius 3 is 2.62 bits per heavy atom. The number of benzene rings is 1.